The molecule has 1 atom stereocenters. The molecule has 0 aromatic carbocycles. The van der Waals surface area contributed by atoms with Gasteiger partial charge in [-0.15, -0.1) is 0 Å². The van der Waals surface area contributed by atoms with Gasteiger partial charge in [0.25, 0.3) is 0 Å². The number of allylic oxidation sites excluding steroid dienone is 2. The molecule has 1 heterocycles. The van der Waals surface area contributed by atoms with E-state index in [9.17, 15) is 9.59 Å². The van der Waals surface area contributed by atoms with Gasteiger partial charge in [0.05, 0.1) is 18.9 Å². The van der Waals surface area contributed by atoms with Crippen LogP contribution in [-0.2, 0) is 14.3 Å². The number of amides is 1. The van der Waals surface area contributed by atoms with Crippen LogP contribution < -0.4 is 0 Å². The Morgan fingerprint density at radius 3 is 2.84 bits per heavy atom. The molecule has 1 aliphatic heterocycles. The van der Waals surface area contributed by atoms with Crippen LogP contribution in [0.4, 0.5) is 0 Å². The summed E-state index contributed by atoms with van der Waals surface area (Å²) in [6.07, 6.45) is 10.8. The molecule has 25 heavy (non-hydrogen) atoms. The van der Waals surface area contributed by atoms with Crippen LogP contribution in [0.25, 0.3) is 0 Å². The first-order valence-corrected chi connectivity index (χ1v) is 10.5. The molecule has 0 spiro atoms. The summed E-state index contributed by atoms with van der Waals surface area (Å²) in [7, 11) is 1.65. The number of nitrogens with zero attached hydrogens (tertiary/aromatic N) is 1. The third-order valence-electron chi connectivity index (χ3n) is 4.42. The van der Waals surface area contributed by atoms with E-state index in [-0.39, 0.29) is 17.7 Å². The zero-order chi connectivity index (χ0) is 18.5. The van der Waals surface area contributed by atoms with E-state index < -0.39 is 0 Å². The molecular formula is C20H33NO3S. The van der Waals surface area contributed by atoms with Crippen LogP contribution in [0.15, 0.2) is 24.5 Å². The number of carbonyl (C=O) groups is 2. The van der Waals surface area contributed by atoms with Crippen molar-refractivity contribution in [1.82, 2.24) is 4.90 Å². The van der Waals surface area contributed by atoms with Crippen LogP contribution in [0.5, 0.6) is 0 Å². The van der Waals surface area contributed by atoms with Crippen LogP contribution in [0, 0.1) is 0 Å². The molecule has 0 N–H and O–H groups in total. The van der Waals surface area contributed by atoms with Gasteiger partial charge in [0.2, 0.25) is 5.91 Å². The summed E-state index contributed by atoms with van der Waals surface area (Å²) >= 11 is 1.85. The van der Waals surface area contributed by atoms with E-state index in [1.165, 1.54) is 0 Å². The Bertz CT molecular complexity index is 462. The predicted octanol–water partition coefficient (Wildman–Crippen LogP) is 4.36. The van der Waals surface area contributed by atoms with Crippen molar-refractivity contribution >= 4 is 23.5 Å². The lowest BCUT2D eigenvalue weighted by Crippen LogP contribution is -2.33. The van der Waals surface area contributed by atoms with Gasteiger partial charge in [-0.1, -0.05) is 32.4 Å². The topological polar surface area (TPSA) is 46.6 Å². The molecular weight excluding hydrogens is 334 g/mol. The number of unbranched alkanes of at least 4 members (excludes halogenated alkanes) is 2. The Morgan fingerprint density at radius 1 is 1.32 bits per heavy atom. The molecule has 0 aliphatic carbocycles. The Morgan fingerprint density at radius 2 is 2.12 bits per heavy atom. The summed E-state index contributed by atoms with van der Waals surface area (Å²) in [6.45, 7) is 6.70. The largest absolute Gasteiger partial charge is 0.502 e. The first-order chi connectivity index (χ1) is 12.1. The van der Waals surface area contributed by atoms with Crippen molar-refractivity contribution in [1.29, 1.82) is 0 Å². The van der Waals surface area contributed by atoms with E-state index in [0.717, 1.165) is 62.3 Å². The summed E-state index contributed by atoms with van der Waals surface area (Å²) < 4.78 is 5.05. The number of methoxy groups -OCH3 is 1. The number of hydrogen-bond acceptors (Lipinski definition) is 4. The number of hydrogen-bond donors (Lipinski definition) is 0. The number of likely N-dealkylation sites (tertiary alicyclic amines) is 1. The molecule has 4 nitrogen and oxygen atoms in total. The first kappa shape index (κ1) is 21.8. The smallest absolute Gasteiger partial charge is 0.223 e. The second-order valence-electron chi connectivity index (χ2n) is 6.43. The second kappa shape index (κ2) is 13.0. The lowest BCUT2D eigenvalue weighted by Gasteiger charge is -2.22. The van der Waals surface area contributed by atoms with Gasteiger partial charge in [-0.05, 0) is 31.1 Å². The fraction of sp³-hybridized carbons (Fsp3) is 0.700. The molecule has 1 saturated heterocycles. The van der Waals surface area contributed by atoms with Gasteiger partial charge in [0.1, 0.15) is 0 Å². The normalized spacial score (nSPS) is 17.4. The van der Waals surface area contributed by atoms with Gasteiger partial charge >= 0.3 is 0 Å². The fourth-order valence-electron chi connectivity index (χ4n) is 2.84. The van der Waals surface area contributed by atoms with Crippen molar-refractivity contribution in [2.45, 2.75) is 64.3 Å². The summed E-state index contributed by atoms with van der Waals surface area (Å²) in [5.41, 5.74) is 0. The zero-order valence-corrected chi connectivity index (χ0v) is 16.6. The molecule has 5 heteroatoms. The molecule has 0 unspecified atom stereocenters. The minimum Gasteiger partial charge on any atom is -0.502 e. The van der Waals surface area contributed by atoms with E-state index in [0.29, 0.717) is 12.8 Å². The standard InChI is InChI=1S/C20H33NO3S/c1-4-5-6-9-19(22)12-10-18-11-13-20(23)21(18)14-16-25-15-7-8-17(2)24-3/h10,12,18H,2,4-9,11,13-16H2,1,3H3/b12-10+/t18-/m0/s1. The number of carbonyl (C=O) groups excluding carboxylic acids is 2. The Labute approximate surface area is 157 Å². The molecule has 1 fully saturated rings. The second-order valence-corrected chi connectivity index (χ2v) is 7.66. The lowest BCUT2D eigenvalue weighted by molar-refractivity contribution is -0.128. The summed E-state index contributed by atoms with van der Waals surface area (Å²) in [5.74, 6) is 3.19. The highest BCUT2D eigenvalue weighted by Gasteiger charge is 2.28. The average molecular weight is 368 g/mol. The fourth-order valence-corrected chi connectivity index (χ4v) is 3.71. The number of ether oxygens (including phenoxy) is 1. The maximum atomic E-state index is 12.1. The van der Waals surface area contributed by atoms with Crippen LogP contribution in [0.1, 0.15) is 58.3 Å². The maximum Gasteiger partial charge on any atom is 0.223 e. The molecule has 0 saturated carbocycles. The number of thioether (sulfide) groups is 1. The lowest BCUT2D eigenvalue weighted by atomic mass is 10.1. The molecule has 0 aromatic rings. The Kier molecular flexibility index (Phi) is 11.4. The van der Waals surface area contributed by atoms with Crippen LogP contribution >= 0.6 is 11.8 Å². The highest BCUT2D eigenvalue weighted by atomic mass is 32.2. The molecule has 142 valence electrons. The Balaban J connectivity index is 2.27. The van der Waals surface area contributed by atoms with E-state index in [1.54, 1.807) is 13.2 Å². The van der Waals surface area contributed by atoms with Crippen LogP contribution in [-0.4, -0.2) is 47.8 Å². The average Bonchev–Trinajstić information content (AvgIpc) is 2.96. The van der Waals surface area contributed by atoms with E-state index in [2.05, 4.69) is 13.5 Å². The van der Waals surface area contributed by atoms with Gasteiger partial charge in [0, 0.05) is 31.6 Å². The first-order valence-electron chi connectivity index (χ1n) is 9.38. The highest BCUT2D eigenvalue weighted by molar-refractivity contribution is 7.99. The van der Waals surface area contributed by atoms with Crippen molar-refractivity contribution in [2.24, 2.45) is 0 Å². The van der Waals surface area contributed by atoms with Crippen molar-refractivity contribution < 1.29 is 14.3 Å². The molecule has 0 radical (unpaired) electrons. The molecule has 1 aliphatic rings. The highest BCUT2D eigenvalue weighted by Crippen LogP contribution is 2.21. The van der Waals surface area contributed by atoms with Crippen molar-refractivity contribution in [3.63, 3.8) is 0 Å². The third kappa shape index (κ3) is 9.15. The summed E-state index contributed by atoms with van der Waals surface area (Å²) in [6, 6.07) is 0.0940. The van der Waals surface area contributed by atoms with Crippen molar-refractivity contribution in [3.8, 4) is 0 Å². The molecule has 1 rings (SSSR count). The third-order valence-corrected chi connectivity index (χ3v) is 5.46. The van der Waals surface area contributed by atoms with E-state index in [1.807, 2.05) is 22.7 Å². The van der Waals surface area contributed by atoms with E-state index in [4.69, 9.17) is 4.74 Å². The van der Waals surface area contributed by atoms with Gasteiger partial charge in [-0.2, -0.15) is 11.8 Å². The van der Waals surface area contributed by atoms with Crippen LogP contribution in [0.2, 0.25) is 0 Å². The molecule has 0 bridgehead atoms. The van der Waals surface area contributed by atoms with Gasteiger partial charge in [0.15, 0.2) is 5.78 Å². The molecule has 0 aromatic heterocycles. The Hall–Kier alpha value is -1.23. The van der Waals surface area contributed by atoms with Crippen LogP contribution in [0.3, 0.4) is 0 Å². The zero-order valence-electron chi connectivity index (χ0n) is 15.8. The molecule has 1 amide bonds. The van der Waals surface area contributed by atoms with E-state index >= 15 is 0 Å². The quantitative estimate of drug-likeness (QED) is 0.260. The maximum absolute atomic E-state index is 12.1. The SMILES string of the molecule is C=C(CCCSCCN1C(=O)CC[C@@H]1/C=C/C(=O)CCCCC)OC. The van der Waals surface area contributed by atoms with Crippen molar-refractivity contribution in [2.75, 3.05) is 25.2 Å². The number of ketones is 1. The van der Waals surface area contributed by atoms with Crippen molar-refractivity contribution in [3.05, 3.63) is 24.5 Å². The minimum atomic E-state index is 0.0940. The predicted molar refractivity (Wildman–Crippen MR) is 106 cm³/mol. The summed E-state index contributed by atoms with van der Waals surface area (Å²) in [5, 5.41) is 0. The van der Waals surface area contributed by atoms with Gasteiger partial charge in [-0.25, -0.2) is 0 Å². The summed E-state index contributed by atoms with van der Waals surface area (Å²) in [4.78, 5) is 25.8. The number of rotatable bonds is 14. The van der Waals surface area contributed by atoms with Gasteiger partial charge < -0.3 is 9.64 Å². The minimum absolute atomic E-state index is 0.0940. The monoisotopic (exact) mass is 367 g/mol. The van der Waals surface area contributed by atoms with Gasteiger partial charge in [-0.3, -0.25) is 9.59 Å².